The second kappa shape index (κ2) is 4.08. The van der Waals surface area contributed by atoms with Gasteiger partial charge in [-0.2, -0.15) is 0 Å². The van der Waals surface area contributed by atoms with E-state index in [2.05, 4.69) is 0 Å². The quantitative estimate of drug-likeness (QED) is 0.834. The van der Waals surface area contributed by atoms with Crippen molar-refractivity contribution in [3.63, 3.8) is 0 Å². The SMILES string of the molecule is Cc1cc2c(cc1C)N(CC(=O)O)C(=O)CO2. The number of hydrogen-bond acceptors (Lipinski definition) is 3. The highest BCUT2D eigenvalue weighted by Crippen LogP contribution is 2.34. The first-order valence-electron chi connectivity index (χ1n) is 5.25. The minimum Gasteiger partial charge on any atom is -0.482 e. The van der Waals surface area contributed by atoms with Crippen LogP contribution in [0, 0.1) is 13.8 Å². The molecule has 0 unspecified atom stereocenters. The summed E-state index contributed by atoms with van der Waals surface area (Å²) >= 11 is 0. The number of anilines is 1. The summed E-state index contributed by atoms with van der Waals surface area (Å²) in [5.41, 5.74) is 2.58. The zero-order valence-electron chi connectivity index (χ0n) is 9.69. The highest BCUT2D eigenvalue weighted by atomic mass is 16.5. The molecule has 1 aromatic rings. The van der Waals surface area contributed by atoms with Gasteiger partial charge in [0.25, 0.3) is 5.91 Å². The zero-order chi connectivity index (χ0) is 12.6. The number of carboxylic acid groups (broad SMARTS) is 1. The molecule has 0 aromatic heterocycles. The van der Waals surface area contributed by atoms with E-state index in [1.807, 2.05) is 19.9 Å². The highest BCUT2D eigenvalue weighted by molar-refractivity contribution is 6.01. The fourth-order valence-corrected chi connectivity index (χ4v) is 1.76. The molecule has 5 heteroatoms. The number of carboxylic acids is 1. The molecule has 0 fully saturated rings. The molecular formula is C12H13NO4. The lowest BCUT2D eigenvalue weighted by Gasteiger charge is -2.28. The predicted molar refractivity (Wildman–Crippen MR) is 61.4 cm³/mol. The lowest BCUT2D eigenvalue weighted by Crippen LogP contribution is -2.42. The Labute approximate surface area is 98.6 Å². The second-order valence-corrected chi connectivity index (χ2v) is 4.07. The van der Waals surface area contributed by atoms with E-state index >= 15 is 0 Å². The molecule has 0 radical (unpaired) electrons. The van der Waals surface area contributed by atoms with Gasteiger partial charge in [0.2, 0.25) is 0 Å². The molecule has 1 aromatic carbocycles. The molecule has 1 heterocycles. The molecule has 0 bridgehead atoms. The molecule has 90 valence electrons. The van der Waals surface area contributed by atoms with Gasteiger partial charge < -0.3 is 9.84 Å². The number of carbonyl (C=O) groups excluding carboxylic acids is 1. The summed E-state index contributed by atoms with van der Waals surface area (Å²) in [7, 11) is 0. The monoisotopic (exact) mass is 235 g/mol. The van der Waals surface area contributed by atoms with E-state index in [1.54, 1.807) is 6.07 Å². The lowest BCUT2D eigenvalue weighted by atomic mass is 10.1. The molecule has 17 heavy (non-hydrogen) atoms. The molecule has 1 aliphatic rings. The Morgan fingerprint density at radius 1 is 1.41 bits per heavy atom. The second-order valence-electron chi connectivity index (χ2n) is 4.07. The molecule has 0 saturated carbocycles. The first kappa shape index (κ1) is 11.4. The minimum atomic E-state index is -1.04. The Hall–Kier alpha value is -2.04. The molecule has 1 amide bonds. The molecular weight excluding hydrogens is 222 g/mol. The Morgan fingerprint density at radius 3 is 2.71 bits per heavy atom. The Morgan fingerprint density at radius 2 is 2.06 bits per heavy atom. The Balaban J connectivity index is 2.47. The van der Waals surface area contributed by atoms with E-state index in [0.29, 0.717) is 11.4 Å². The summed E-state index contributed by atoms with van der Waals surface area (Å²) in [6.45, 7) is 3.41. The van der Waals surface area contributed by atoms with Gasteiger partial charge in [0, 0.05) is 0 Å². The predicted octanol–water partition coefficient (Wildman–Crippen LogP) is 1.11. The van der Waals surface area contributed by atoms with Crippen molar-refractivity contribution in [2.45, 2.75) is 13.8 Å². The van der Waals surface area contributed by atoms with E-state index in [4.69, 9.17) is 9.84 Å². The summed E-state index contributed by atoms with van der Waals surface area (Å²) in [6.07, 6.45) is 0. The smallest absolute Gasteiger partial charge is 0.323 e. The third kappa shape index (κ3) is 2.08. The summed E-state index contributed by atoms with van der Waals surface area (Å²) in [4.78, 5) is 23.6. The van der Waals surface area contributed by atoms with E-state index < -0.39 is 5.97 Å². The van der Waals surface area contributed by atoms with E-state index in [9.17, 15) is 9.59 Å². The number of aryl methyl sites for hydroxylation is 2. The molecule has 0 aliphatic carbocycles. The number of amides is 1. The van der Waals surface area contributed by atoms with Crippen LogP contribution in [-0.4, -0.2) is 30.1 Å². The average molecular weight is 235 g/mol. The van der Waals surface area contributed by atoms with Crippen molar-refractivity contribution in [1.82, 2.24) is 0 Å². The number of fused-ring (bicyclic) bond motifs is 1. The van der Waals surface area contributed by atoms with Crippen LogP contribution in [0.15, 0.2) is 12.1 Å². The van der Waals surface area contributed by atoms with Crippen LogP contribution in [0.1, 0.15) is 11.1 Å². The first-order chi connectivity index (χ1) is 7.99. The summed E-state index contributed by atoms with van der Waals surface area (Å²) in [5.74, 6) is -0.804. The number of ether oxygens (including phenoxy) is 1. The van der Waals surface area contributed by atoms with Crippen LogP contribution in [-0.2, 0) is 9.59 Å². The molecule has 1 aliphatic heterocycles. The van der Waals surface area contributed by atoms with E-state index in [-0.39, 0.29) is 19.1 Å². The van der Waals surface area contributed by atoms with Gasteiger partial charge in [-0.15, -0.1) is 0 Å². The van der Waals surface area contributed by atoms with Gasteiger partial charge in [0.15, 0.2) is 6.61 Å². The average Bonchev–Trinajstić information content (AvgIpc) is 2.25. The van der Waals surface area contributed by atoms with Gasteiger partial charge in [-0.05, 0) is 37.1 Å². The number of rotatable bonds is 2. The van der Waals surface area contributed by atoms with Gasteiger partial charge in [0.1, 0.15) is 12.3 Å². The fourth-order valence-electron chi connectivity index (χ4n) is 1.76. The largest absolute Gasteiger partial charge is 0.482 e. The maximum Gasteiger partial charge on any atom is 0.323 e. The third-order valence-corrected chi connectivity index (χ3v) is 2.81. The molecule has 2 rings (SSSR count). The van der Waals surface area contributed by atoms with Crippen LogP contribution in [0.2, 0.25) is 0 Å². The van der Waals surface area contributed by atoms with Crippen molar-refractivity contribution in [2.75, 3.05) is 18.1 Å². The van der Waals surface area contributed by atoms with Gasteiger partial charge in [-0.3, -0.25) is 14.5 Å². The van der Waals surface area contributed by atoms with Crippen LogP contribution in [0.3, 0.4) is 0 Å². The number of nitrogens with zero attached hydrogens (tertiary/aromatic N) is 1. The van der Waals surface area contributed by atoms with Crippen LogP contribution < -0.4 is 9.64 Å². The number of benzene rings is 1. The van der Waals surface area contributed by atoms with Crippen molar-refractivity contribution in [1.29, 1.82) is 0 Å². The van der Waals surface area contributed by atoms with Gasteiger partial charge >= 0.3 is 5.97 Å². The van der Waals surface area contributed by atoms with Crippen LogP contribution >= 0.6 is 0 Å². The molecule has 0 spiro atoms. The Bertz CT molecular complexity index is 496. The fraction of sp³-hybridized carbons (Fsp3) is 0.333. The maximum atomic E-state index is 11.6. The van der Waals surface area contributed by atoms with Crippen LogP contribution in [0.5, 0.6) is 5.75 Å². The van der Waals surface area contributed by atoms with E-state index in [0.717, 1.165) is 11.1 Å². The van der Waals surface area contributed by atoms with Crippen molar-refractivity contribution < 1.29 is 19.4 Å². The van der Waals surface area contributed by atoms with Gasteiger partial charge in [-0.1, -0.05) is 0 Å². The molecule has 5 nitrogen and oxygen atoms in total. The van der Waals surface area contributed by atoms with Crippen LogP contribution in [0.4, 0.5) is 5.69 Å². The minimum absolute atomic E-state index is 0.108. The van der Waals surface area contributed by atoms with Crippen molar-refractivity contribution in [3.05, 3.63) is 23.3 Å². The summed E-state index contributed by atoms with van der Waals surface area (Å²) in [5, 5.41) is 8.80. The lowest BCUT2D eigenvalue weighted by molar-refractivity contribution is -0.137. The summed E-state index contributed by atoms with van der Waals surface area (Å²) in [6, 6.07) is 3.61. The maximum absolute atomic E-state index is 11.6. The third-order valence-electron chi connectivity index (χ3n) is 2.81. The number of carbonyl (C=O) groups is 2. The topological polar surface area (TPSA) is 66.8 Å². The Kier molecular flexibility index (Phi) is 2.75. The molecule has 0 saturated heterocycles. The highest BCUT2D eigenvalue weighted by Gasteiger charge is 2.27. The standard InChI is InChI=1S/C12H13NO4/c1-7-3-9-10(4-8(7)2)17-6-11(14)13(9)5-12(15)16/h3-4H,5-6H2,1-2H3,(H,15,16). The normalized spacial score (nSPS) is 14.2. The molecule has 0 atom stereocenters. The van der Waals surface area contributed by atoms with Gasteiger partial charge in [-0.25, -0.2) is 0 Å². The number of hydrogen-bond donors (Lipinski definition) is 1. The van der Waals surface area contributed by atoms with Crippen molar-refractivity contribution >= 4 is 17.6 Å². The summed E-state index contributed by atoms with van der Waals surface area (Å²) < 4.78 is 5.30. The number of aliphatic carboxylic acids is 1. The molecule has 1 N–H and O–H groups in total. The van der Waals surface area contributed by atoms with Crippen LogP contribution in [0.25, 0.3) is 0 Å². The first-order valence-corrected chi connectivity index (χ1v) is 5.25. The van der Waals surface area contributed by atoms with Gasteiger partial charge in [0.05, 0.1) is 5.69 Å². The zero-order valence-corrected chi connectivity index (χ0v) is 9.69. The van der Waals surface area contributed by atoms with Crippen molar-refractivity contribution in [3.8, 4) is 5.75 Å². The van der Waals surface area contributed by atoms with E-state index in [1.165, 1.54) is 4.90 Å². The van der Waals surface area contributed by atoms with Crippen molar-refractivity contribution in [2.24, 2.45) is 0 Å².